The molecule has 4 rings (SSSR count). The van der Waals surface area contributed by atoms with Gasteiger partial charge in [-0.1, -0.05) is 61.5 Å². The zero-order valence-electron chi connectivity index (χ0n) is 19.7. The maximum Gasteiger partial charge on any atom is 0.193 e. The zero-order chi connectivity index (χ0) is 23.4. The number of fused-ring (bicyclic) bond motifs is 1. The highest BCUT2D eigenvalue weighted by Gasteiger charge is 2.19. The summed E-state index contributed by atoms with van der Waals surface area (Å²) in [5.41, 5.74) is 2.85. The Labute approximate surface area is 196 Å². The highest BCUT2D eigenvalue weighted by molar-refractivity contribution is 6.17. The Balaban J connectivity index is 1.86. The van der Waals surface area contributed by atoms with Crippen molar-refractivity contribution >= 4 is 16.6 Å². The molecule has 0 radical (unpaired) electrons. The van der Waals surface area contributed by atoms with Crippen LogP contribution in [0.2, 0.25) is 0 Å². The first-order chi connectivity index (χ1) is 15.9. The van der Waals surface area contributed by atoms with Crippen LogP contribution >= 0.6 is 0 Å². The van der Waals surface area contributed by atoms with Crippen molar-refractivity contribution in [2.24, 2.45) is 0 Å². The van der Waals surface area contributed by atoms with E-state index in [0.29, 0.717) is 23.5 Å². The lowest BCUT2D eigenvalue weighted by atomic mass is 9.89. The summed E-state index contributed by atoms with van der Waals surface area (Å²) >= 11 is 0. The van der Waals surface area contributed by atoms with Crippen LogP contribution in [0.1, 0.15) is 50.0 Å². The Morgan fingerprint density at radius 1 is 0.818 bits per heavy atom. The van der Waals surface area contributed by atoms with Gasteiger partial charge in [-0.15, -0.1) is 0 Å². The average molecular weight is 439 g/mol. The molecule has 3 heteroatoms. The Morgan fingerprint density at radius 2 is 1.58 bits per heavy atom. The minimum absolute atomic E-state index is 0.0324. The van der Waals surface area contributed by atoms with E-state index >= 15 is 0 Å². The highest BCUT2D eigenvalue weighted by atomic mass is 16.5. The molecule has 0 N–H and O–H groups in total. The number of hydrogen-bond acceptors (Lipinski definition) is 3. The largest absolute Gasteiger partial charge is 0.494 e. The molecule has 0 atom stereocenters. The molecule has 4 aromatic carbocycles. The van der Waals surface area contributed by atoms with Crippen LogP contribution in [-0.4, -0.2) is 18.0 Å². The average Bonchev–Trinajstić information content (AvgIpc) is 2.81. The van der Waals surface area contributed by atoms with E-state index in [2.05, 4.69) is 13.0 Å². The standard InChI is InChI=1S/C30H30O3/c1-5-18-32-24-16-14-21-15-17-26(28(27(21)20-24)22-10-7-6-8-11-22)29(31)23-12-9-13-25(19-23)33-30(2,3)4/h6-17,19-20H,5,18H2,1-4H3. The fourth-order valence-corrected chi connectivity index (χ4v) is 3.92. The van der Waals surface area contributed by atoms with Crippen molar-refractivity contribution in [2.75, 3.05) is 6.61 Å². The summed E-state index contributed by atoms with van der Waals surface area (Å²) in [4.78, 5) is 13.8. The molecule has 0 aliphatic heterocycles. The molecule has 0 aliphatic rings. The van der Waals surface area contributed by atoms with Gasteiger partial charge in [0.2, 0.25) is 0 Å². The van der Waals surface area contributed by atoms with E-state index in [1.54, 1.807) is 0 Å². The topological polar surface area (TPSA) is 35.5 Å². The van der Waals surface area contributed by atoms with E-state index in [1.807, 2.05) is 99.6 Å². The molecule has 0 aromatic heterocycles. The fourth-order valence-electron chi connectivity index (χ4n) is 3.92. The zero-order valence-corrected chi connectivity index (χ0v) is 19.7. The van der Waals surface area contributed by atoms with Gasteiger partial charge in [-0.05, 0) is 73.9 Å². The Hall–Kier alpha value is -3.59. The molecule has 0 saturated heterocycles. The Kier molecular flexibility index (Phi) is 6.50. The molecule has 168 valence electrons. The summed E-state index contributed by atoms with van der Waals surface area (Å²) in [7, 11) is 0. The number of ketones is 1. The van der Waals surface area contributed by atoms with Crippen LogP contribution < -0.4 is 9.47 Å². The van der Waals surface area contributed by atoms with Gasteiger partial charge in [-0.3, -0.25) is 4.79 Å². The van der Waals surface area contributed by atoms with Crippen molar-refractivity contribution in [3.8, 4) is 22.6 Å². The van der Waals surface area contributed by atoms with E-state index in [4.69, 9.17) is 9.47 Å². The van der Waals surface area contributed by atoms with Gasteiger partial charge in [-0.2, -0.15) is 0 Å². The second kappa shape index (κ2) is 9.50. The van der Waals surface area contributed by atoms with Crippen LogP contribution in [0.25, 0.3) is 21.9 Å². The molecule has 0 spiro atoms. The van der Waals surface area contributed by atoms with Crippen molar-refractivity contribution in [1.29, 1.82) is 0 Å². The van der Waals surface area contributed by atoms with Gasteiger partial charge in [-0.25, -0.2) is 0 Å². The third-order valence-corrected chi connectivity index (χ3v) is 5.29. The lowest BCUT2D eigenvalue weighted by Gasteiger charge is -2.21. The number of rotatable bonds is 7. The number of carbonyl (C=O) groups is 1. The highest BCUT2D eigenvalue weighted by Crippen LogP contribution is 2.36. The van der Waals surface area contributed by atoms with Gasteiger partial charge in [0.05, 0.1) is 6.61 Å². The van der Waals surface area contributed by atoms with Crippen LogP contribution in [0.3, 0.4) is 0 Å². The summed E-state index contributed by atoms with van der Waals surface area (Å²) in [6, 6.07) is 27.5. The van der Waals surface area contributed by atoms with Crippen molar-refractivity contribution in [3.63, 3.8) is 0 Å². The predicted molar refractivity (Wildman–Crippen MR) is 135 cm³/mol. The lowest BCUT2D eigenvalue weighted by molar-refractivity contribution is 0.103. The fraction of sp³-hybridized carbons (Fsp3) is 0.233. The van der Waals surface area contributed by atoms with Crippen LogP contribution in [0, 0.1) is 0 Å². The molecule has 0 bridgehead atoms. The first kappa shape index (κ1) is 22.6. The first-order valence-electron chi connectivity index (χ1n) is 11.4. The van der Waals surface area contributed by atoms with Gasteiger partial charge in [0.15, 0.2) is 5.78 Å². The molecule has 4 aromatic rings. The van der Waals surface area contributed by atoms with Crippen LogP contribution in [-0.2, 0) is 0 Å². The second-order valence-corrected chi connectivity index (χ2v) is 9.16. The van der Waals surface area contributed by atoms with Crippen LogP contribution in [0.15, 0.2) is 84.9 Å². The maximum atomic E-state index is 13.8. The van der Waals surface area contributed by atoms with E-state index in [1.165, 1.54) is 0 Å². The molecular weight excluding hydrogens is 408 g/mol. The molecule has 0 unspecified atom stereocenters. The summed E-state index contributed by atoms with van der Waals surface area (Å²) in [6.07, 6.45) is 0.940. The summed E-state index contributed by atoms with van der Waals surface area (Å²) in [6.45, 7) is 8.74. The molecule has 0 amide bonds. The van der Waals surface area contributed by atoms with Crippen molar-refractivity contribution in [2.45, 2.75) is 39.7 Å². The third-order valence-electron chi connectivity index (χ3n) is 5.29. The summed E-state index contributed by atoms with van der Waals surface area (Å²) in [5.74, 6) is 1.47. The van der Waals surface area contributed by atoms with Crippen LogP contribution in [0.4, 0.5) is 0 Å². The SMILES string of the molecule is CCCOc1ccc2ccc(C(=O)c3cccc(OC(C)(C)C)c3)c(-c3ccccc3)c2c1. The first-order valence-corrected chi connectivity index (χ1v) is 11.4. The van der Waals surface area contributed by atoms with Gasteiger partial charge in [0.25, 0.3) is 0 Å². The predicted octanol–water partition coefficient (Wildman–Crippen LogP) is 7.70. The second-order valence-electron chi connectivity index (χ2n) is 9.16. The quantitative estimate of drug-likeness (QED) is 0.277. The molecule has 0 aliphatic carbocycles. The van der Waals surface area contributed by atoms with Gasteiger partial charge < -0.3 is 9.47 Å². The maximum absolute atomic E-state index is 13.8. The third kappa shape index (κ3) is 5.25. The van der Waals surface area contributed by atoms with Crippen LogP contribution in [0.5, 0.6) is 11.5 Å². The lowest BCUT2D eigenvalue weighted by Crippen LogP contribution is -2.23. The normalized spacial score (nSPS) is 11.4. The number of carbonyl (C=O) groups excluding carboxylic acids is 1. The van der Waals surface area contributed by atoms with Gasteiger partial charge in [0.1, 0.15) is 17.1 Å². The molecular formula is C30H30O3. The summed E-state index contributed by atoms with van der Waals surface area (Å²) < 4.78 is 11.9. The van der Waals surface area contributed by atoms with E-state index in [9.17, 15) is 4.79 Å². The molecule has 3 nitrogen and oxygen atoms in total. The monoisotopic (exact) mass is 438 g/mol. The molecule has 0 heterocycles. The van der Waals surface area contributed by atoms with Gasteiger partial charge >= 0.3 is 0 Å². The van der Waals surface area contributed by atoms with Gasteiger partial charge in [0, 0.05) is 16.7 Å². The Morgan fingerprint density at radius 3 is 2.30 bits per heavy atom. The van der Waals surface area contributed by atoms with E-state index in [0.717, 1.165) is 34.1 Å². The number of hydrogen-bond donors (Lipinski definition) is 0. The number of benzene rings is 4. The number of ether oxygens (including phenoxy) is 2. The Bertz CT molecular complexity index is 1270. The van der Waals surface area contributed by atoms with E-state index < -0.39 is 0 Å². The van der Waals surface area contributed by atoms with Crippen molar-refractivity contribution in [1.82, 2.24) is 0 Å². The molecule has 33 heavy (non-hydrogen) atoms. The molecule has 0 fully saturated rings. The minimum Gasteiger partial charge on any atom is -0.494 e. The summed E-state index contributed by atoms with van der Waals surface area (Å²) in [5, 5.41) is 2.07. The molecule has 0 saturated carbocycles. The van der Waals surface area contributed by atoms with Crippen molar-refractivity contribution in [3.05, 3.63) is 96.1 Å². The smallest absolute Gasteiger partial charge is 0.193 e. The minimum atomic E-state index is -0.339. The van der Waals surface area contributed by atoms with Crippen molar-refractivity contribution < 1.29 is 14.3 Å². The van der Waals surface area contributed by atoms with E-state index in [-0.39, 0.29) is 11.4 Å².